The third kappa shape index (κ3) is 2.02. The van der Waals surface area contributed by atoms with Crippen LogP contribution in [0, 0.1) is 0 Å². The van der Waals surface area contributed by atoms with Gasteiger partial charge in [0.2, 0.25) is 0 Å². The first-order valence-electron chi connectivity index (χ1n) is 4.46. The molecular weight excluding hydrogens is 229 g/mol. The number of halogens is 4. The normalized spacial score (nSPS) is 16.4. The van der Waals surface area contributed by atoms with Crippen LogP contribution in [0.2, 0.25) is 5.02 Å². The maximum absolute atomic E-state index is 12.3. The van der Waals surface area contributed by atoms with Crippen molar-refractivity contribution in [3.05, 3.63) is 22.8 Å². The molecule has 0 amide bonds. The fourth-order valence-electron chi connectivity index (χ4n) is 1.35. The van der Waals surface area contributed by atoms with E-state index in [2.05, 4.69) is 4.98 Å². The Morgan fingerprint density at radius 2 is 2.00 bits per heavy atom. The molecule has 2 heterocycles. The highest BCUT2D eigenvalue weighted by atomic mass is 35.5. The molecule has 1 aromatic heterocycles. The average molecular weight is 237 g/mol. The summed E-state index contributed by atoms with van der Waals surface area (Å²) in [7, 11) is 0. The van der Waals surface area contributed by atoms with Crippen LogP contribution in [0.15, 0.2) is 12.3 Å². The Bertz CT molecular complexity index is 374. The highest BCUT2D eigenvalue weighted by molar-refractivity contribution is 6.33. The molecule has 1 aliphatic rings. The fourth-order valence-corrected chi connectivity index (χ4v) is 1.63. The Morgan fingerprint density at radius 3 is 2.40 bits per heavy atom. The topological polar surface area (TPSA) is 16.1 Å². The second-order valence-corrected chi connectivity index (χ2v) is 3.77. The third-order valence-corrected chi connectivity index (χ3v) is 2.58. The summed E-state index contributed by atoms with van der Waals surface area (Å²) in [6, 6.07) is 0.919. The van der Waals surface area contributed by atoms with Gasteiger partial charge < -0.3 is 4.90 Å². The largest absolute Gasteiger partial charge is 0.417 e. The number of hydrogen-bond donors (Lipinski definition) is 0. The van der Waals surface area contributed by atoms with Crippen molar-refractivity contribution < 1.29 is 13.2 Å². The molecule has 0 atom stereocenters. The van der Waals surface area contributed by atoms with Gasteiger partial charge in [0.1, 0.15) is 5.82 Å². The van der Waals surface area contributed by atoms with Crippen molar-refractivity contribution in [1.29, 1.82) is 0 Å². The first-order valence-corrected chi connectivity index (χ1v) is 4.84. The van der Waals surface area contributed by atoms with Crippen LogP contribution < -0.4 is 4.90 Å². The lowest BCUT2D eigenvalue weighted by Gasteiger charge is -2.32. The number of hydrogen-bond acceptors (Lipinski definition) is 2. The van der Waals surface area contributed by atoms with Gasteiger partial charge in [-0.15, -0.1) is 0 Å². The van der Waals surface area contributed by atoms with E-state index < -0.39 is 11.7 Å². The molecule has 82 valence electrons. The Hall–Kier alpha value is -0.970. The summed E-state index contributed by atoms with van der Waals surface area (Å²) in [5, 5.41) is 0.0597. The zero-order valence-corrected chi connectivity index (χ0v) is 8.44. The maximum Gasteiger partial charge on any atom is 0.417 e. The molecule has 1 saturated heterocycles. The SMILES string of the molecule is FC(F)(F)c1cnc(N2CCC2)c(Cl)c1. The van der Waals surface area contributed by atoms with E-state index in [0.717, 1.165) is 31.8 Å². The van der Waals surface area contributed by atoms with E-state index in [-0.39, 0.29) is 5.02 Å². The molecule has 0 unspecified atom stereocenters. The molecule has 15 heavy (non-hydrogen) atoms. The smallest absolute Gasteiger partial charge is 0.355 e. The highest BCUT2D eigenvalue weighted by Gasteiger charge is 2.32. The van der Waals surface area contributed by atoms with Gasteiger partial charge in [0, 0.05) is 19.3 Å². The van der Waals surface area contributed by atoms with Crippen molar-refractivity contribution in [3.63, 3.8) is 0 Å². The molecule has 1 fully saturated rings. The summed E-state index contributed by atoms with van der Waals surface area (Å²) in [6.45, 7) is 1.61. The molecule has 0 radical (unpaired) electrons. The molecule has 2 nitrogen and oxygen atoms in total. The van der Waals surface area contributed by atoms with Gasteiger partial charge in [-0.2, -0.15) is 13.2 Å². The van der Waals surface area contributed by atoms with Gasteiger partial charge in [-0.05, 0) is 12.5 Å². The molecule has 0 N–H and O–H groups in total. The van der Waals surface area contributed by atoms with Gasteiger partial charge in [0.25, 0.3) is 0 Å². The van der Waals surface area contributed by atoms with Gasteiger partial charge in [0.05, 0.1) is 10.6 Å². The van der Waals surface area contributed by atoms with Crippen LogP contribution in [0.25, 0.3) is 0 Å². The van der Waals surface area contributed by atoms with Crippen LogP contribution in [0.5, 0.6) is 0 Å². The van der Waals surface area contributed by atoms with E-state index in [1.807, 2.05) is 4.90 Å². The van der Waals surface area contributed by atoms with Crippen LogP contribution in [0.3, 0.4) is 0 Å². The average Bonchev–Trinajstić information content (AvgIpc) is 2.03. The predicted molar refractivity (Wildman–Crippen MR) is 51.1 cm³/mol. The Labute approximate surface area is 89.7 Å². The molecule has 0 saturated carbocycles. The minimum Gasteiger partial charge on any atom is -0.355 e. The summed E-state index contributed by atoms with van der Waals surface area (Å²) in [4.78, 5) is 5.59. The lowest BCUT2D eigenvalue weighted by Crippen LogP contribution is -2.37. The number of aromatic nitrogens is 1. The standard InChI is InChI=1S/C9H8ClF3N2/c10-7-4-6(9(11,12)13)5-14-8(7)15-2-1-3-15/h4-5H,1-3H2. The minimum absolute atomic E-state index is 0.0597. The molecule has 6 heteroatoms. The van der Waals surface area contributed by atoms with Crippen LogP contribution in [0.1, 0.15) is 12.0 Å². The van der Waals surface area contributed by atoms with Crippen molar-refractivity contribution in [2.75, 3.05) is 18.0 Å². The van der Waals surface area contributed by atoms with Crippen molar-refractivity contribution in [2.24, 2.45) is 0 Å². The highest BCUT2D eigenvalue weighted by Crippen LogP contribution is 2.34. The second-order valence-electron chi connectivity index (χ2n) is 3.37. The lowest BCUT2D eigenvalue weighted by molar-refractivity contribution is -0.137. The minimum atomic E-state index is -4.38. The molecule has 1 aliphatic heterocycles. The van der Waals surface area contributed by atoms with Crippen molar-refractivity contribution in [2.45, 2.75) is 12.6 Å². The van der Waals surface area contributed by atoms with Crippen LogP contribution in [0.4, 0.5) is 19.0 Å². The number of alkyl halides is 3. The molecule has 0 spiro atoms. The van der Waals surface area contributed by atoms with Crippen molar-refractivity contribution >= 4 is 17.4 Å². The first-order chi connectivity index (χ1) is 6.98. The zero-order chi connectivity index (χ0) is 11.1. The van der Waals surface area contributed by atoms with E-state index >= 15 is 0 Å². The second kappa shape index (κ2) is 3.56. The number of anilines is 1. The molecular formula is C9H8ClF3N2. The number of nitrogens with zero attached hydrogens (tertiary/aromatic N) is 2. The van der Waals surface area contributed by atoms with Gasteiger partial charge in [-0.25, -0.2) is 4.98 Å². The Balaban J connectivity index is 2.30. The maximum atomic E-state index is 12.3. The number of rotatable bonds is 1. The molecule has 0 aliphatic carbocycles. The predicted octanol–water partition coefficient (Wildman–Crippen LogP) is 2.96. The van der Waals surface area contributed by atoms with Crippen LogP contribution in [-0.4, -0.2) is 18.1 Å². The Kier molecular flexibility index (Phi) is 2.50. The van der Waals surface area contributed by atoms with E-state index in [1.54, 1.807) is 0 Å². The first kappa shape index (κ1) is 10.5. The summed E-state index contributed by atoms with van der Waals surface area (Å²) in [5.41, 5.74) is -0.809. The summed E-state index contributed by atoms with van der Waals surface area (Å²) in [6.07, 6.45) is -2.54. The fraction of sp³-hybridized carbons (Fsp3) is 0.444. The van der Waals surface area contributed by atoms with Crippen LogP contribution >= 0.6 is 11.6 Å². The molecule has 0 bridgehead atoms. The van der Waals surface area contributed by atoms with Gasteiger partial charge in [0.15, 0.2) is 0 Å². The summed E-state index contributed by atoms with van der Waals surface area (Å²) >= 11 is 5.74. The molecule has 1 aromatic rings. The van der Waals surface area contributed by atoms with Crippen molar-refractivity contribution in [1.82, 2.24) is 4.98 Å². The monoisotopic (exact) mass is 236 g/mol. The van der Waals surface area contributed by atoms with E-state index in [9.17, 15) is 13.2 Å². The van der Waals surface area contributed by atoms with Gasteiger partial charge in [-0.3, -0.25) is 0 Å². The van der Waals surface area contributed by atoms with E-state index in [0.29, 0.717) is 5.82 Å². The van der Waals surface area contributed by atoms with E-state index in [1.165, 1.54) is 0 Å². The van der Waals surface area contributed by atoms with Crippen molar-refractivity contribution in [3.8, 4) is 0 Å². The van der Waals surface area contributed by atoms with Gasteiger partial charge >= 0.3 is 6.18 Å². The van der Waals surface area contributed by atoms with E-state index in [4.69, 9.17) is 11.6 Å². The Morgan fingerprint density at radius 1 is 1.33 bits per heavy atom. The zero-order valence-electron chi connectivity index (χ0n) is 7.68. The summed E-state index contributed by atoms with van der Waals surface area (Å²) < 4.78 is 36.9. The molecule has 0 aromatic carbocycles. The lowest BCUT2D eigenvalue weighted by atomic mass is 10.2. The molecule has 2 rings (SSSR count). The quantitative estimate of drug-likeness (QED) is 0.745. The third-order valence-electron chi connectivity index (χ3n) is 2.30. The number of pyridine rings is 1. The summed E-state index contributed by atoms with van der Waals surface area (Å²) in [5.74, 6) is 0.441. The van der Waals surface area contributed by atoms with Gasteiger partial charge in [-0.1, -0.05) is 11.6 Å². The van der Waals surface area contributed by atoms with Crippen LogP contribution in [-0.2, 0) is 6.18 Å².